The van der Waals surface area contributed by atoms with Crippen molar-refractivity contribution in [2.45, 2.75) is 18.2 Å². The van der Waals surface area contributed by atoms with E-state index in [2.05, 4.69) is 10.0 Å². The zero-order valence-corrected chi connectivity index (χ0v) is 17.1. The van der Waals surface area contributed by atoms with Gasteiger partial charge in [0.05, 0.1) is 24.1 Å². The van der Waals surface area contributed by atoms with Gasteiger partial charge < -0.3 is 10.1 Å². The Morgan fingerprint density at radius 3 is 2.61 bits per heavy atom. The summed E-state index contributed by atoms with van der Waals surface area (Å²) in [6, 6.07) is 15.3. The third-order valence-electron chi connectivity index (χ3n) is 4.03. The highest BCUT2D eigenvalue weighted by atomic mass is 32.2. The molecule has 6 nitrogen and oxygen atoms in total. The predicted octanol–water partition coefficient (Wildman–Crippen LogP) is 4.05. The topological polar surface area (TPSA) is 84.5 Å². The first kappa shape index (κ1) is 19.9. The van der Waals surface area contributed by atoms with Crippen molar-refractivity contribution < 1.29 is 17.9 Å². The molecule has 0 saturated carbocycles. The number of hydrogen-bond acceptors (Lipinski definition) is 5. The summed E-state index contributed by atoms with van der Waals surface area (Å²) in [7, 11) is -2.39. The lowest BCUT2D eigenvalue weighted by Crippen LogP contribution is -2.17. The summed E-state index contributed by atoms with van der Waals surface area (Å²) in [6.07, 6.45) is 0.243. The van der Waals surface area contributed by atoms with Crippen molar-refractivity contribution in [3.8, 4) is 5.75 Å². The average molecular weight is 417 g/mol. The molecule has 0 saturated heterocycles. The minimum Gasteiger partial charge on any atom is -0.495 e. The second-order valence-corrected chi connectivity index (χ2v) is 8.77. The van der Waals surface area contributed by atoms with Crippen molar-refractivity contribution in [2.24, 2.45) is 0 Å². The van der Waals surface area contributed by atoms with Crippen molar-refractivity contribution in [3.63, 3.8) is 0 Å². The molecular formula is C20H20N2O4S2. The summed E-state index contributed by atoms with van der Waals surface area (Å²) in [4.78, 5) is 13.2. The molecule has 0 radical (unpaired) electrons. The molecule has 0 atom stereocenters. The van der Waals surface area contributed by atoms with Crippen molar-refractivity contribution >= 4 is 38.6 Å². The normalized spacial score (nSPS) is 11.1. The Morgan fingerprint density at radius 1 is 1.11 bits per heavy atom. The maximum Gasteiger partial charge on any atom is 0.262 e. The van der Waals surface area contributed by atoms with E-state index in [0.717, 1.165) is 4.88 Å². The van der Waals surface area contributed by atoms with Crippen LogP contribution >= 0.6 is 11.3 Å². The standard InChI is InChI=1S/C20H20N2O4S2/c1-14-9-10-15(21-20(23)13-16-6-5-11-27-16)12-19(14)28(24,25)22-17-7-3-4-8-18(17)26-2/h3-12,22H,13H2,1-2H3,(H,21,23). The fraction of sp³-hybridized carbons (Fsp3) is 0.150. The molecule has 1 aromatic heterocycles. The molecule has 28 heavy (non-hydrogen) atoms. The minimum atomic E-state index is -3.86. The molecule has 0 fully saturated rings. The molecular weight excluding hydrogens is 396 g/mol. The lowest BCUT2D eigenvalue weighted by atomic mass is 10.2. The molecule has 1 heterocycles. The van der Waals surface area contributed by atoms with E-state index in [9.17, 15) is 13.2 Å². The molecule has 0 aliphatic heterocycles. The molecule has 2 aromatic carbocycles. The Morgan fingerprint density at radius 2 is 1.89 bits per heavy atom. The van der Waals surface area contributed by atoms with Crippen LogP contribution in [0.4, 0.5) is 11.4 Å². The van der Waals surface area contributed by atoms with Crippen molar-refractivity contribution in [3.05, 3.63) is 70.4 Å². The highest BCUT2D eigenvalue weighted by Crippen LogP contribution is 2.28. The number of hydrogen-bond donors (Lipinski definition) is 2. The van der Waals surface area contributed by atoms with Gasteiger partial charge in [-0.05, 0) is 48.2 Å². The van der Waals surface area contributed by atoms with Crippen LogP contribution in [0, 0.1) is 6.92 Å². The Labute approximate surface area is 168 Å². The molecule has 0 aliphatic carbocycles. The van der Waals surface area contributed by atoms with E-state index < -0.39 is 10.0 Å². The molecule has 146 valence electrons. The second kappa shape index (κ2) is 8.45. The van der Waals surface area contributed by atoms with Gasteiger partial charge >= 0.3 is 0 Å². The molecule has 0 unspecified atom stereocenters. The largest absolute Gasteiger partial charge is 0.495 e. The molecule has 1 amide bonds. The van der Waals surface area contributed by atoms with Crippen LogP contribution in [0.3, 0.4) is 0 Å². The smallest absolute Gasteiger partial charge is 0.262 e. The molecule has 0 spiro atoms. The highest BCUT2D eigenvalue weighted by Gasteiger charge is 2.20. The third kappa shape index (κ3) is 4.71. The van der Waals surface area contributed by atoms with E-state index >= 15 is 0 Å². The average Bonchev–Trinajstić information content (AvgIpc) is 3.16. The first-order chi connectivity index (χ1) is 13.4. The first-order valence-corrected chi connectivity index (χ1v) is 10.8. The summed E-state index contributed by atoms with van der Waals surface area (Å²) >= 11 is 1.50. The van der Waals surface area contributed by atoms with E-state index in [0.29, 0.717) is 22.7 Å². The van der Waals surface area contributed by atoms with E-state index in [1.165, 1.54) is 24.5 Å². The number of amides is 1. The van der Waals surface area contributed by atoms with E-state index in [1.54, 1.807) is 43.3 Å². The van der Waals surface area contributed by atoms with Crippen LogP contribution in [0.25, 0.3) is 0 Å². The van der Waals surface area contributed by atoms with Crippen molar-refractivity contribution in [1.82, 2.24) is 0 Å². The molecule has 3 aromatic rings. The summed E-state index contributed by atoms with van der Waals surface area (Å²) in [5.74, 6) is 0.219. The van der Waals surface area contributed by atoms with Gasteiger partial charge in [0.1, 0.15) is 5.75 Å². The van der Waals surface area contributed by atoms with E-state index in [-0.39, 0.29) is 17.2 Å². The number of methoxy groups -OCH3 is 1. The fourth-order valence-electron chi connectivity index (χ4n) is 2.67. The number of rotatable bonds is 7. The van der Waals surface area contributed by atoms with Gasteiger partial charge in [-0.2, -0.15) is 0 Å². The van der Waals surface area contributed by atoms with Crippen LogP contribution < -0.4 is 14.8 Å². The van der Waals surface area contributed by atoms with Gasteiger partial charge in [0.15, 0.2) is 0 Å². The SMILES string of the molecule is COc1ccccc1NS(=O)(=O)c1cc(NC(=O)Cc2cccs2)ccc1C. The van der Waals surface area contributed by atoms with Gasteiger partial charge in [-0.15, -0.1) is 11.3 Å². The van der Waals surface area contributed by atoms with Gasteiger partial charge in [-0.25, -0.2) is 8.42 Å². The lowest BCUT2D eigenvalue weighted by Gasteiger charge is -2.14. The Kier molecular flexibility index (Phi) is 6.01. The fourth-order valence-corrected chi connectivity index (χ4v) is 4.72. The van der Waals surface area contributed by atoms with Crippen LogP contribution in [0.2, 0.25) is 0 Å². The number of carbonyl (C=O) groups is 1. The number of carbonyl (C=O) groups excluding carboxylic acids is 1. The van der Waals surface area contributed by atoms with Crippen molar-refractivity contribution in [1.29, 1.82) is 0 Å². The molecule has 3 rings (SSSR count). The van der Waals surface area contributed by atoms with E-state index in [4.69, 9.17) is 4.74 Å². The number of nitrogens with one attached hydrogen (secondary N) is 2. The van der Waals surface area contributed by atoms with E-state index in [1.807, 2.05) is 17.5 Å². The van der Waals surface area contributed by atoms with Crippen LogP contribution in [0.1, 0.15) is 10.4 Å². The number of benzene rings is 2. The zero-order chi connectivity index (χ0) is 20.1. The highest BCUT2D eigenvalue weighted by molar-refractivity contribution is 7.92. The Bertz CT molecular complexity index is 1080. The molecule has 0 bridgehead atoms. The van der Waals surface area contributed by atoms with Crippen LogP contribution in [0.5, 0.6) is 5.75 Å². The van der Waals surface area contributed by atoms with Gasteiger partial charge in [-0.3, -0.25) is 9.52 Å². The lowest BCUT2D eigenvalue weighted by molar-refractivity contribution is -0.115. The van der Waals surface area contributed by atoms with Crippen LogP contribution in [0.15, 0.2) is 64.9 Å². The molecule has 2 N–H and O–H groups in total. The van der Waals surface area contributed by atoms with Crippen molar-refractivity contribution in [2.75, 3.05) is 17.1 Å². The zero-order valence-electron chi connectivity index (χ0n) is 15.4. The summed E-state index contributed by atoms with van der Waals surface area (Å²) in [5, 5.41) is 4.66. The maximum absolute atomic E-state index is 12.9. The number of para-hydroxylation sites is 2. The third-order valence-corrected chi connectivity index (χ3v) is 6.41. The second-order valence-electron chi connectivity index (χ2n) is 6.09. The molecule has 8 heteroatoms. The van der Waals surface area contributed by atoms with Crippen LogP contribution in [-0.4, -0.2) is 21.4 Å². The minimum absolute atomic E-state index is 0.0901. The number of thiophene rings is 1. The van der Waals surface area contributed by atoms with Gasteiger partial charge in [0, 0.05) is 10.6 Å². The quantitative estimate of drug-likeness (QED) is 0.609. The summed E-state index contributed by atoms with van der Waals surface area (Å²) in [6.45, 7) is 1.70. The first-order valence-electron chi connectivity index (χ1n) is 8.48. The van der Waals surface area contributed by atoms with Gasteiger partial charge in [0.2, 0.25) is 5.91 Å². The molecule has 0 aliphatic rings. The Hall–Kier alpha value is -2.84. The van der Waals surface area contributed by atoms with Gasteiger partial charge in [-0.1, -0.05) is 24.3 Å². The monoisotopic (exact) mass is 416 g/mol. The Balaban J connectivity index is 1.82. The summed E-state index contributed by atoms with van der Waals surface area (Å²) in [5.41, 5.74) is 1.34. The number of sulfonamides is 1. The number of aryl methyl sites for hydroxylation is 1. The predicted molar refractivity (Wildman–Crippen MR) is 112 cm³/mol. The number of anilines is 2. The maximum atomic E-state index is 12.9. The van der Waals surface area contributed by atoms with Gasteiger partial charge in [0.25, 0.3) is 10.0 Å². The summed E-state index contributed by atoms with van der Waals surface area (Å²) < 4.78 is 33.6. The number of ether oxygens (including phenoxy) is 1. The van der Waals surface area contributed by atoms with Crippen LogP contribution in [-0.2, 0) is 21.2 Å².